The van der Waals surface area contributed by atoms with Crippen molar-refractivity contribution >= 4 is 35.7 Å². The first-order valence-corrected chi connectivity index (χ1v) is 7.07. The molecule has 1 fully saturated rings. The van der Waals surface area contributed by atoms with Crippen LogP contribution in [0.25, 0.3) is 0 Å². The summed E-state index contributed by atoms with van der Waals surface area (Å²) >= 11 is 6.06. The Balaban J connectivity index is 0.00000200. The second-order valence-electron chi connectivity index (χ2n) is 4.86. The van der Waals surface area contributed by atoms with Gasteiger partial charge in [0.15, 0.2) is 0 Å². The first-order valence-electron chi connectivity index (χ1n) is 6.69. The molecule has 1 saturated heterocycles. The molecule has 6 heteroatoms. The lowest BCUT2D eigenvalue weighted by Crippen LogP contribution is -2.36. The van der Waals surface area contributed by atoms with Gasteiger partial charge >= 0.3 is 6.03 Å². The maximum atomic E-state index is 11.8. The normalized spacial score (nSPS) is 14.7. The Morgan fingerprint density at radius 2 is 2.05 bits per heavy atom. The molecule has 2 N–H and O–H groups in total. The SMILES string of the molecule is Cc1cccc(Cl)c1NC(=O)NCCN1CCCC1.Cl. The van der Waals surface area contributed by atoms with Crippen molar-refractivity contribution in [3.63, 3.8) is 0 Å². The minimum absolute atomic E-state index is 0. The van der Waals surface area contributed by atoms with E-state index in [1.807, 2.05) is 19.1 Å². The van der Waals surface area contributed by atoms with E-state index in [1.165, 1.54) is 12.8 Å². The molecule has 0 unspecified atom stereocenters. The Bertz CT molecular complexity index is 428. The predicted octanol–water partition coefficient (Wildman–Crippen LogP) is 3.29. The zero-order valence-electron chi connectivity index (χ0n) is 11.6. The maximum Gasteiger partial charge on any atom is 0.319 e. The molecule has 112 valence electrons. The van der Waals surface area contributed by atoms with Crippen molar-refractivity contribution in [1.82, 2.24) is 10.2 Å². The van der Waals surface area contributed by atoms with Gasteiger partial charge in [-0.2, -0.15) is 0 Å². The quantitative estimate of drug-likeness (QED) is 0.895. The van der Waals surface area contributed by atoms with Gasteiger partial charge in [0.2, 0.25) is 0 Å². The van der Waals surface area contributed by atoms with Crippen molar-refractivity contribution < 1.29 is 4.79 Å². The van der Waals surface area contributed by atoms with Crippen molar-refractivity contribution in [2.24, 2.45) is 0 Å². The highest BCUT2D eigenvalue weighted by molar-refractivity contribution is 6.33. The number of hydrogen-bond donors (Lipinski definition) is 2. The third-order valence-electron chi connectivity index (χ3n) is 3.37. The van der Waals surface area contributed by atoms with Gasteiger partial charge in [-0.05, 0) is 44.5 Å². The monoisotopic (exact) mass is 317 g/mol. The fourth-order valence-corrected chi connectivity index (χ4v) is 2.55. The number of halogens is 2. The number of carbonyl (C=O) groups is 1. The first kappa shape index (κ1) is 17.1. The van der Waals surface area contributed by atoms with Gasteiger partial charge in [-0.3, -0.25) is 0 Å². The highest BCUT2D eigenvalue weighted by atomic mass is 35.5. The number of carbonyl (C=O) groups excluding carboxylic acids is 1. The molecule has 0 atom stereocenters. The van der Waals surface area contributed by atoms with Gasteiger partial charge in [0.1, 0.15) is 0 Å². The molecule has 1 heterocycles. The summed E-state index contributed by atoms with van der Waals surface area (Å²) in [5, 5.41) is 6.23. The molecular weight excluding hydrogens is 297 g/mol. The maximum absolute atomic E-state index is 11.8. The number of benzene rings is 1. The van der Waals surface area contributed by atoms with Crippen LogP contribution in [0.1, 0.15) is 18.4 Å². The summed E-state index contributed by atoms with van der Waals surface area (Å²) < 4.78 is 0. The van der Waals surface area contributed by atoms with E-state index in [0.717, 1.165) is 25.2 Å². The third-order valence-corrected chi connectivity index (χ3v) is 3.69. The third kappa shape index (κ3) is 4.85. The molecule has 1 aliphatic heterocycles. The van der Waals surface area contributed by atoms with E-state index < -0.39 is 0 Å². The van der Waals surface area contributed by atoms with E-state index in [2.05, 4.69) is 15.5 Å². The number of nitrogens with zero attached hydrogens (tertiary/aromatic N) is 1. The zero-order valence-corrected chi connectivity index (χ0v) is 13.2. The molecular formula is C14H21Cl2N3O. The van der Waals surface area contributed by atoms with Gasteiger partial charge in [0.25, 0.3) is 0 Å². The van der Waals surface area contributed by atoms with E-state index in [-0.39, 0.29) is 18.4 Å². The molecule has 2 rings (SSSR count). The summed E-state index contributed by atoms with van der Waals surface area (Å²) in [5.41, 5.74) is 1.64. The Hall–Kier alpha value is -0.970. The van der Waals surface area contributed by atoms with E-state index >= 15 is 0 Å². The van der Waals surface area contributed by atoms with E-state index in [0.29, 0.717) is 17.3 Å². The van der Waals surface area contributed by atoms with E-state index in [1.54, 1.807) is 6.07 Å². The number of rotatable bonds is 4. The summed E-state index contributed by atoms with van der Waals surface area (Å²) in [6.45, 7) is 5.79. The zero-order chi connectivity index (χ0) is 13.7. The summed E-state index contributed by atoms with van der Waals surface area (Å²) in [4.78, 5) is 14.2. The van der Waals surface area contributed by atoms with Crippen LogP contribution in [0.4, 0.5) is 10.5 Å². The van der Waals surface area contributed by atoms with Crippen LogP contribution in [-0.4, -0.2) is 37.1 Å². The number of aryl methyl sites for hydroxylation is 1. The fraction of sp³-hybridized carbons (Fsp3) is 0.500. The molecule has 0 spiro atoms. The average Bonchev–Trinajstić information content (AvgIpc) is 2.87. The predicted molar refractivity (Wildman–Crippen MR) is 86.1 cm³/mol. The first-order chi connectivity index (χ1) is 9.16. The molecule has 1 aliphatic rings. The van der Waals surface area contributed by atoms with Crippen LogP contribution < -0.4 is 10.6 Å². The standard InChI is InChI=1S/C14H20ClN3O.ClH/c1-11-5-4-6-12(15)13(11)17-14(19)16-7-10-18-8-2-3-9-18;/h4-6H,2-3,7-10H2,1H3,(H2,16,17,19);1H. The molecule has 0 saturated carbocycles. The number of para-hydroxylation sites is 1. The lowest BCUT2D eigenvalue weighted by atomic mass is 10.2. The number of anilines is 1. The van der Waals surface area contributed by atoms with Gasteiger partial charge in [-0.1, -0.05) is 23.7 Å². The number of amides is 2. The molecule has 1 aromatic carbocycles. The fourth-order valence-electron chi connectivity index (χ4n) is 2.28. The van der Waals surface area contributed by atoms with Gasteiger partial charge in [0, 0.05) is 13.1 Å². The van der Waals surface area contributed by atoms with Crippen LogP contribution in [0.5, 0.6) is 0 Å². The van der Waals surface area contributed by atoms with Crippen molar-refractivity contribution in [2.75, 3.05) is 31.5 Å². The van der Waals surface area contributed by atoms with Gasteiger partial charge in [0.05, 0.1) is 10.7 Å². The molecule has 0 bridgehead atoms. The minimum Gasteiger partial charge on any atom is -0.337 e. The molecule has 0 radical (unpaired) electrons. The molecule has 4 nitrogen and oxygen atoms in total. The highest BCUT2D eigenvalue weighted by Crippen LogP contribution is 2.24. The molecule has 1 aromatic rings. The van der Waals surface area contributed by atoms with Crippen molar-refractivity contribution in [2.45, 2.75) is 19.8 Å². The number of hydrogen-bond acceptors (Lipinski definition) is 2. The minimum atomic E-state index is -0.199. The second-order valence-corrected chi connectivity index (χ2v) is 5.27. The second kappa shape index (κ2) is 8.35. The van der Waals surface area contributed by atoms with Crippen LogP contribution in [0.15, 0.2) is 18.2 Å². The lowest BCUT2D eigenvalue weighted by molar-refractivity contribution is 0.249. The average molecular weight is 318 g/mol. The van der Waals surface area contributed by atoms with Gasteiger partial charge in [-0.15, -0.1) is 12.4 Å². The smallest absolute Gasteiger partial charge is 0.319 e. The Morgan fingerprint density at radius 1 is 1.35 bits per heavy atom. The highest BCUT2D eigenvalue weighted by Gasteiger charge is 2.12. The van der Waals surface area contributed by atoms with Gasteiger partial charge in [-0.25, -0.2) is 4.79 Å². The van der Waals surface area contributed by atoms with Crippen LogP contribution in [0.3, 0.4) is 0 Å². The van der Waals surface area contributed by atoms with Crippen molar-refractivity contribution in [3.05, 3.63) is 28.8 Å². The summed E-state index contributed by atoms with van der Waals surface area (Å²) in [6.07, 6.45) is 2.54. The van der Waals surface area contributed by atoms with Gasteiger partial charge < -0.3 is 15.5 Å². The summed E-state index contributed by atoms with van der Waals surface area (Å²) in [5.74, 6) is 0. The molecule has 0 aromatic heterocycles. The van der Waals surface area contributed by atoms with Crippen molar-refractivity contribution in [3.8, 4) is 0 Å². The molecule has 20 heavy (non-hydrogen) atoms. The largest absolute Gasteiger partial charge is 0.337 e. The number of nitrogens with one attached hydrogen (secondary N) is 2. The van der Waals surface area contributed by atoms with Crippen LogP contribution in [-0.2, 0) is 0 Å². The lowest BCUT2D eigenvalue weighted by Gasteiger charge is -2.15. The molecule has 2 amide bonds. The summed E-state index contributed by atoms with van der Waals surface area (Å²) in [7, 11) is 0. The molecule has 0 aliphatic carbocycles. The van der Waals surface area contributed by atoms with Crippen LogP contribution in [0, 0.1) is 6.92 Å². The number of likely N-dealkylation sites (tertiary alicyclic amines) is 1. The van der Waals surface area contributed by atoms with Crippen LogP contribution >= 0.6 is 24.0 Å². The Labute approximate surface area is 131 Å². The summed E-state index contributed by atoms with van der Waals surface area (Å²) in [6, 6.07) is 5.37. The van der Waals surface area contributed by atoms with Crippen LogP contribution in [0.2, 0.25) is 5.02 Å². The topological polar surface area (TPSA) is 44.4 Å². The van der Waals surface area contributed by atoms with Crippen molar-refractivity contribution in [1.29, 1.82) is 0 Å². The Morgan fingerprint density at radius 3 is 2.70 bits per heavy atom. The Kier molecular flexibility index (Phi) is 7.13. The van der Waals surface area contributed by atoms with E-state index in [9.17, 15) is 4.79 Å². The number of urea groups is 1. The van der Waals surface area contributed by atoms with E-state index in [4.69, 9.17) is 11.6 Å².